The highest BCUT2D eigenvalue weighted by Gasteiger charge is 2.37. The van der Waals surface area contributed by atoms with Crippen LogP contribution in [0.5, 0.6) is 5.75 Å². The number of methoxy groups -OCH3 is 1. The van der Waals surface area contributed by atoms with Gasteiger partial charge in [-0.15, -0.1) is 0 Å². The number of ether oxygens (including phenoxy) is 1. The van der Waals surface area contributed by atoms with Crippen molar-refractivity contribution in [3.05, 3.63) is 53.1 Å². The quantitative estimate of drug-likeness (QED) is 0.785. The van der Waals surface area contributed by atoms with E-state index >= 15 is 0 Å². The summed E-state index contributed by atoms with van der Waals surface area (Å²) in [5, 5.41) is 0. The lowest BCUT2D eigenvalue weighted by molar-refractivity contribution is -0.00326. The molecule has 3 fully saturated rings. The van der Waals surface area contributed by atoms with Gasteiger partial charge in [-0.05, 0) is 57.3 Å². The third kappa shape index (κ3) is 3.85. The molecular weight excluding hydrogens is 336 g/mol. The van der Waals surface area contributed by atoms with Crippen LogP contribution in [0, 0.1) is 19.8 Å². The predicted octanol–water partition coefficient (Wildman–Crippen LogP) is 3.20. The molecule has 5 nitrogen and oxygen atoms in total. The van der Waals surface area contributed by atoms with Crippen LogP contribution in [0.15, 0.2) is 30.7 Å². The smallest absolute Gasteiger partial charge is 0.128 e. The molecular formula is C22H30N4O. The van der Waals surface area contributed by atoms with Crippen LogP contribution in [0.4, 0.5) is 0 Å². The summed E-state index contributed by atoms with van der Waals surface area (Å²) in [4.78, 5) is 14.3. The molecule has 2 aromatic heterocycles. The summed E-state index contributed by atoms with van der Waals surface area (Å²) in [6.07, 6.45) is 8.42. The van der Waals surface area contributed by atoms with E-state index in [9.17, 15) is 0 Å². The fourth-order valence-electron chi connectivity index (χ4n) is 4.79. The Labute approximate surface area is 162 Å². The molecule has 27 heavy (non-hydrogen) atoms. The summed E-state index contributed by atoms with van der Waals surface area (Å²) in [6.45, 7) is 9.66. The van der Waals surface area contributed by atoms with Gasteiger partial charge in [0, 0.05) is 55.4 Å². The average molecular weight is 367 g/mol. The van der Waals surface area contributed by atoms with E-state index in [1.165, 1.54) is 38.0 Å². The first-order chi connectivity index (χ1) is 13.2. The van der Waals surface area contributed by atoms with E-state index < -0.39 is 0 Å². The van der Waals surface area contributed by atoms with Gasteiger partial charge in [-0.1, -0.05) is 6.07 Å². The second-order valence-corrected chi connectivity index (χ2v) is 8.02. The maximum atomic E-state index is 5.63. The zero-order chi connectivity index (χ0) is 18.8. The van der Waals surface area contributed by atoms with Gasteiger partial charge in [-0.3, -0.25) is 14.9 Å². The predicted molar refractivity (Wildman–Crippen MR) is 107 cm³/mol. The summed E-state index contributed by atoms with van der Waals surface area (Å²) in [5.41, 5.74) is 4.65. The minimum atomic E-state index is 0.584. The number of hydrogen-bond acceptors (Lipinski definition) is 5. The molecule has 0 aromatic carbocycles. The number of rotatable bonds is 6. The Morgan fingerprint density at radius 3 is 2.63 bits per heavy atom. The number of pyridine rings is 2. The molecule has 0 aliphatic carbocycles. The highest BCUT2D eigenvalue weighted by Crippen LogP contribution is 2.33. The normalized spacial score (nSPS) is 24.4. The van der Waals surface area contributed by atoms with Gasteiger partial charge in [0.15, 0.2) is 0 Å². The molecule has 3 aliphatic heterocycles. The number of piperidine rings is 3. The summed E-state index contributed by atoms with van der Waals surface area (Å²) in [5.74, 6) is 1.76. The molecule has 0 N–H and O–H groups in total. The Bertz CT molecular complexity index is 771. The lowest BCUT2D eigenvalue weighted by Gasteiger charge is -2.49. The lowest BCUT2D eigenvalue weighted by Crippen LogP contribution is -2.57. The number of fused-ring (bicyclic) bond motifs is 3. The summed E-state index contributed by atoms with van der Waals surface area (Å²) in [6, 6.07) is 4.79. The van der Waals surface area contributed by atoms with Gasteiger partial charge in [0.05, 0.1) is 12.8 Å². The van der Waals surface area contributed by atoms with Gasteiger partial charge in [-0.25, -0.2) is 0 Å². The molecule has 0 saturated carbocycles. The van der Waals surface area contributed by atoms with Crippen molar-refractivity contribution in [3.63, 3.8) is 0 Å². The van der Waals surface area contributed by atoms with Crippen molar-refractivity contribution in [1.29, 1.82) is 0 Å². The van der Waals surface area contributed by atoms with E-state index in [0.29, 0.717) is 6.04 Å². The van der Waals surface area contributed by atoms with Crippen LogP contribution in [0.25, 0.3) is 0 Å². The summed E-state index contributed by atoms with van der Waals surface area (Å²) in [7, 11) is 1.75. The molecule has 2 bridgehead atoms. The van der Waals surface area contributed by atoms with Crippen LogP contribution in [0.1, 0.15) is 35.2 Å². The molecule has 0 amide bonds. The number of hydrogen-bond donors (Lipinski definition) is 0. The van der Waals surface area contributed by atoms with E-state index in [4.69, 9.17) is 9.72 Å². The molecule has 5 heterocycles. The first-order valence-corrected chi connectivity index (χ1v) is 10.00. The zero-order valence-corrected chi connectivity index (χ0v) is 16.7. The molecule has 3 aliphatic rings. The highest BCUT2D eigenvalue weighted by molar-refractivity contribution is 5.41. The van der Waals surface area contributed by atoms with Crippen LogP contribution < -0.4 is 4.74 Å². The fourth-order valence-corrected chi connectivity index (χ4v) is 4.79. The van der Waals surface area contributed by atoms with Gasteiger partial charge in [0.1, 0.15) is 5.75 Å². The van der Waals surface area contributed by atoms with E-state index in [2.05, 4.69) is 34.7 Å². The highest BCUT2D eigenvalue weighted by atomic mass is 16.5. The fraction of sp³-hybridized carbons (Fsp3) is 0.545. The van der Waals surface area contributed by atoms with Crippen LogP contribution in [0.3, 0.4) is 0 Å². The average Bonchev–Trinajstić information content (AvgIpc) is 2.71. The molecule has 0 spiro atoms. The maximum Gasteiger partial charge on any atom is 0.128 e. The minimum absolute atomic E-state index is 0.584. The number of nitrogens with zero attached hydrogens (tertiary/aromatic N) is 4. The van der Waals surface area contributed by atoms with Gasteiger partial charge in [0.25, 0.3) is 0 Å². The summed E-state index contributed by atoms with van der Waals surface area (Å²) >= 11 is 0. The zero-order valence-electron chi connectivity index (χ0n) is 16.7. The molecule has 1 unspecified atom stereocenters. The first-order valence-electron chi connectivity index (χ1n) is 10.00. The second kappa shape index (κ2) is 7.95. The van der Waals surface area contributed by atoms with Crippen molar-refractivity contribution in [3.8, 4) is 5.75 Å². The molecule has 144 valence electrons. The number of aromatic nitrogens is 2. The first kappa shape index (κ1) is 18.4. The van der Waals surface area contributed by atoms with Crippen molar-refractivity contribution in [1.82, 2.24) is 19.8 Å². The van der Waals surface area contributed by atoms with Crippen LogP contribution in [-0.2, 0) is 13.1 Å². The van der Waals surface area contributed by atoms with Gasteiger partial charge >= 0.3 is 0 Å². The Morgan fingerprint density at radius 1 is 1.19 bits per heavy atom. The molecule has 5 heteroatoms. The summed E-state index contributed by atoms with van der Waals surface area (Å²) < 4.78 is 5.63. The van der Waals surface area contributed by atoms with Gasteiger partial charge in [-0.2, -0.15) is 0 Å². The van der Waals surface area contributed by atoms with E-state index in [-0.39, 0.29) is 0 Å². The number of aryl methyl sites for hydroxylation is 1. The minimum Gasteiger partial charge on any atom is -0.496 e. The largest absolute Gasteiger partial charge is 0.496 e. The molecule has 5 rings (SSSR count). The Morgan fingerprint density at radius 2 is 2.00 bits per heavy atom. The third-order valence-corrected chi connectivity index (χ3v) is 6.30. The topological polar surface area (TPSA) is 41.5 Å². The van der Waals surface area contributed by atoms with Crippen molar-refractivity contribution < 1.29 is 4.74 Å². The molecule has 1 atom stereocenters. The Kier molecular flexibility index (Phi) is 5.41. The monoisotopic (exact) mass is 366 g/mol. The van der Waals surface area contributed by atoms with Crippen LogP contribution in [-0.4, -0.2) is 52.6 Å². The Balaban J connectivity index is 1.62. The molecule has 2 aromatic rings. The maximum absolute atomic E-state index is 5.63. The van der Waals surface area contributed by atoms with Crippen LogP contribution in [0.2, 0.25) is 0 Å². The van der Waals surface area contributed by atoms with Gasteiger partial charge in [0.2, 0.25) is 0 Å². The van der Waals surface area contributed by atoms with Crippen molar-refractivity contribution in [2.75, 3.05) is 26.7 Å². The Hall–Kier alpha value is -1.98. The van der Waals surface area contributed by atoms with Crippen molar-refractivity contribution in [2.24, 2.45) is 5.92 Å². The van der Waals surface area contributed by atoms with E-state index in [0.717, 1.165) is 41.6 Å². The van der Waals surface area contributed by atoms with Gasteiger partial charge < -0.3 is 9.64 Å². The SMILES string of the molecule is COc1c(C)cnc(CN(Cc2cccnc2)C2CN3CCC2CC3)c1C. The molecule has 3 saturated heterocycles. The lowest BCUT2D eigenvalue weighted by atomic mass is 9.83. The second-order valence-electron chi connectivity index (χ2n) is 8.02. The van der Waals surface area contributed by atoms with Crippen molar-refractivity contribution in [2.45, 2.75) is 45.8 Å². The van der Waals surface area contributed by atoms with Crippen molar-refractivity contribution >= 4 is 0 Å². The third-order valence-electron chi connectivity index (χ3n) is 6.30. The van der Waals surface area contributed by atoms with E-state index in [1.807, 2.05) is 24.7 Å². The standard InChI is InChI=1S/C22H30N4O/c1-16-11-24-20(17(2)22(16)27-3)14-26(13-18-5-4-8-23-12-18)21-15-25-9-6-19(21)7-10-25/h4-5,8,11-12,19,21H,6-7,9-10,13-15H2,1-3H3. The molecule has 0 radical (unpaired) electrons. The van der Waals surface area contributed by atoms with E-state index in [1.54, 1.807) is 7.11 Å². The van der Waals surface area contributed by atoms with Crippen LogP contribution >= 0.6 is 0 Å².